The molecule has 0 radical (unpaired) electrons. The molecule has 0 saturated carbocycles. The number of fused-ring (bicyclic) bond motifs is 1. The molecule has 0 aliphatic carbocycles. The predicted molar refractivity (Wildman–Crippen MR) is 87.9 cm³/mol. The molecule has 0 spiro atoms. The van der Waals surface area contributed by atoms with E-state index in [4.69, 9.17) is 0 Å². The molecule has 1 atom stereocenters. The number of nitrogens with one attached hydrogen (secondary N) is 1. The number of nitrogens with zero attached hydrogens (tertiary/aromatic N) is 1. The zero-order chi connectivity index (χ0) is 14.5. The van der Waals surface area contributed by atoms with Crippen LogP contribution < -0.4 is 5.32 Å². The molecule has 2 aromatic rings. The molecule has 0 amide bonds. The minimum atomic E-state index is 0.698. The molecule has 2 heteroatoms. The van der Waals surface area contributed by atoms with Crippen molar-refractivity contribution in [3.8, 4) is 0 Å². The van der Waals surface area contributed by atoms with Crippen molar-refractivity contribution in [2.75, 3.05) is 6.54 Å². The first-order chi connectivity index (χ1) is 9.61. The molecule has 0 aliphatic heterocycles. The van der Waals surface area contributed by atoms with Crippen molar-refractivity contribution >= 4 is 10.9 Å². The highest BCUT2D eigenvalue weighted by molar-refractivity contribution is 5.83. The van der Waals surface area contributed by atoms with E-state index in [1.807, 2.05) is 0 Å². The fourth-order valence-electron chi connectivity index (χ4n) is 2.56. The highest BCUT2D eigenvalue weighted by Crippen LogP contribution is 2.22. The second kappa shape index (κ2) is 6.94. The van der Waals surface area contributed by atoms with Gasteiger partial charge in [0.2, 0.25) is 0 Å². The summed E-state index contributed by atoms with van der Waals surface area (Å²) in [5.41, 5.74) is 2.78. The van der Waals surface area contributed by atoms with Crippen LogP contribution in [0.2, 0.25) is 0 Å². The molecule has 0 bridgehead atoms. The van der Waals surface area contributed by atoms with Crippen LogP contribution in [0.5, 0.6) is 0 Å². The van der Waals surface area contributed by atoms with Gasteiger partial charge in [-0.2, -0.15) is 0 Å². The van der Waals surface area contributed by atoms with Gasteiger partial charge >= 0.3 is 0 Å². The number of benzene rings is 1. The standard InChI is InChI=1S/C18H28N2/c1-5-15(4)13-20-10-9-17-16(7-6-8-18(17)20)12-19-11-14(2)3/h6-10,14-15,19H,5,11-13H2,1-4H3. The van der Waals surface area contributed by atoms with Gasteiger partial charge in [0.25, 0.3) is 0 Å². The minimum Gasteiger partial charge on any atom is -0.347 e. The van der Waals surface area contributed by atoms with Crippen LogP contribution in [-0.2, 0) is 13.1 Å². The Morgan fingerprint density at radius 2 is 1.95 bits per heavy atom. The molecule has 2 nitrogen and oxygen atoms in total. The van der Waals surface area contributed by atoms with E-state index in [-0.39, 0.29) is 0 Å². The topological polar surface area (TPSA) is 17.0 Å². The van der Waals surface area contributed by atoms with Gasteiger partial charge in [-0.15, -0.1) is 0 Å². The first kappa shape index (κ1) is 15.1. The van der Waals surface area contributed by atoms with Crippen LogP contribution >= 0.6 is 0 Å². The van der Waals surface area contributed by atoms with Crippen LogP contribution in [0, 0.1) is 11.8 Å². The van der Waals surface area contributed by atoms with E-state index >= 15 is 0 Å². The van der Waals surface area contributed by atoms with E-state index in [1.165, 1.54) is 22.9 Å². The zero-order valence-corrected chi connectivity index (χ0v) is 13.3. The summed E-state index contributed by atoms with van der Waals surface area (Å²) in [5, 5.41) is 4.94. The maximum Gasteiger partial charge on any atom is 0.0483 e. The summed E-state index contributed by atoms with van der Waals surface area (Å²) in [7, 11) is 0. The van der Waals surface area contributed by atoms with Crippen LogP contribution in [0.25, 0.3) is 10.9 Å². The van der Waals surface area contributed by atoms with Crippen LogP contribution in [0.4, 0.5) is 0 Å². The van der Waals surface area contributed by atoms with E-state index in [2.05, 4.69) is 68.0 Å². The molecule has 20 heavy (non-hydrogen) atoms. The summed E-state index contributed by atoms with van der Waals surface area (Å²) in [6.45, 7) is 12.2. The van der Waals surface area contributed by atoms with Crippen LogP contribution in [0.1, 0.15) is 39.7 Å². The third kappa shape index (κ3) is 3.63. The molecule has 0 fully saturated rings. The van der Waals surface area contributed by atoms with Gasteiger partial charge in [-0.25, -0.2) is 0 Å². The lowest BCUT2D eigenvalue weighted by molar-refractivity contribution is 0.477. The molecular formula is C18H28N2. The Hall–Kier alpha value is -1.28. The molecule has 1 aromatic carbocycles. The quantitative estimate of drug-likeness (QED) is 0.789. The molecule has 110 valence electrons. The van der Waals surface area contributed by atoms with Crippen LogP contribution in [0.15, 0.2) is 30.5 Å². The summed E-state index contributed by atoms with van der Waals surface area (Å²) in [4.78, 5) is 0. The first-order valence-corrected chi connectivity index (χ1v) is 7.89. The van der Waals surface area contributed by atoms with Gasteiger partial charge in [0.1, 0.15) is 0 Å². The van der Waals surface area contributed by atoms with Crippen molar-refractivity contribution in [3.63, 3.8) is 0 Å². The van der Waals surface area contributed by atoms with E-state index in [0.717, 1.165) is 25.6 Å². The van der Waals surface area contributed by atoms with Gasteiger partial charge in [-0.3, -0.25) is 0 Å². The Balaban J connectivity index is 2.16. The normalized spacial score (nSPS) is 13.2. The molecule has 1 aromatic heterocycles. The Bertz CT molecular complexity index is 539. The maximum atomic E-state index is 3.55. The van der Waals surface area contributed by atoms with E-state index in [0.29, 0.717) is 5.92 Å². The SMILES string of the molecule is CCC(C)Cn1ccc2c(CNCC(C)C)cccc21. The molecule has 1 unspecified atom stereocenters. The monoisotopic (exact) mass is 272 g/mol. The summed E-state index contributed by atoms with van der Waals surface area (Å²) < 4.78 is 2.40. The lowest BCUT2D eigenvalue weighted by atomic mass is 10.1. The van der Waals surface area contributed by atoms with Crippen LogP contribution in [-0.4, -0.2) is 11.1 Å². The Morgan fingerprint density at radius 1 is 1.15 bits per heavy atom. The van der Waals surface area contributed by atoms with Crippen molar-refractivity contribution in [2.24, 2.45) is 11.8 Å². The van der Waals surface area contributed by atoms with Gasteiger partial charge in [0, 0.05) is 30.2 Å². The predicted octanol–water partition coefficient (Wildman–Crippen LogP) is 4.43. The fraction of sp³-hybridized carbons (Fsp3) is 0.556. The van der Waals surface area contributed by atoms with Gasteiger partial charge in [-0.05, 0) is 36.1 Å². The summed E-state index contributed by atoms with van der Waals surface area (Å²) in [5.74, 6) is 1.43. The number of aromatic nitrogens is 1. The largest absolute Gasteiger partial charge is 0.347 e. The first-order valence-electron chi connectivity index (χ1n) is 7.89. The molecule has 1 heterocycles. The maximum absolute atomic E-state index is 3.55. The molecule has 0 aliphatic rings. The Morgan fingerprint density at radius 3 is 2.65 bits per heavy atom. The second-order valence-corrected chi connectivity index (χ2v) is 6.36. The van der Waals surface area contributed by atoms with Crippen molar-refractivity contribution in [3.05, 3.63) is 36.0 Å². The summed E-state index contributed by atoms with van der Waals surface area (Å²) >= 11 is 0. The molecular weight excluding hydrogens is 244 g/mol. The average Bonchev–Trinajstić information content (AvgIpc) is 2.82. The number of hydrogen-bond donors (Lipinski definition) is 1. The smallest absolute Gasteiger partial charge is 0.0483 e. The van der Waals surface area contributed by atoms with Crippen molar-refractivity contribution in [1.82, 2.24) is 9.88 Å². The number of rotatable bonds is 7. The highest BCUT2D eigenvalue weighted by Gasteiger charge is 2.07. The van der Waals surface area contributed by atoms with E-state index in [9.17, 15) is 0 Å². The summed E-state index contributed by atoms with van der Waals surface area (Å²) in [6.07, 6.45) is 3.47. The van der Waals surface area contributed by atoms with Gasteiger partial charge in [-0.1, -0.05) is 46.2 Å². The Kier molecular flexibility index (Phi) is 5.24. The zero-order valence-electron chi connectivity index (χ0n) is 13.3. The van der Waals surface area contributed by atoms with Gasteiger partial charge < -0.3 is 9.88 Å². The highest BCUT2D eigenvalue weighted by atomic mass is 15.0. The lowest BCUT2D eigenvalue weighted by Gasteiger charge is -2.12. The second-order valence-electron chi connectivity index (χ2n) is 6.36. The number of hydrogen-bond acceptors (Lipinski definition) is 1. The molecule has 0 saturated heterocycles. The van der Waals surface area contributed by atoms with Gasteiger partial charge in [0.15, 0.2) is 0 Å². The molecule has 1 N–H and O–H groups in total. The van der Waals surface area contributed by atoms with Crippen molar-refractivity contribution in [2.45, 2.75) is 47.2 Å². The third-order valence-corrected chi connectivity index (χ3v) is 3.98. The van der Waals surface area contributed by atoms with Crippen molar-refractivity contribution in [1.29, 1.82) is 0 Å². The van der Waals surface area contributed by atoms with E-state index in [1.54, 1.807) is 0 Å². The fourth-order valence-corrected chi connectivity index (χ4v) is 2.56. The van der Waals surface area contributed by atoms with Crippen molar-refractivity contribution < 1.29 is 0 Å². The van der Waals surface area contributed by atoms with E-state index < -0.39 is 0 Å². The molecule has 2 rings (SSSR count). The summed E-state index contributed by atoms with van der Waals surface area (Å²) in [6, 6.07) is 8.93. The van der Waals surface area contributed by atoms with Gasteiger partial charge in [0.05, 0.1) is 0 Å². The lowest BCUT2D eigenvalue weighted by Crippen LogP contribution is -2.19. The van der Waals surface area contributed by atoms with Crippen LogP contribution in [0.3, 0.4) is 0 Å². The minimum absolute atomic E-state index is 0.698. The Labute approximate surface area is 123 Å². The average molecular weight is 272 g/mol. The third-order valence-electron chi connectivity index (χ3n) is 3.98.